The van der Waals surface area contributed by atoms with Gasteiger partial charge >= 0.3 is 0 Å². The van der Waals surface area contributed by atoms with Gasteiger partial charge in [0, 0.05) is 26.2 Å². The Labute approximate surface area is 265 Å². The summed E-state index contributed by atoms with van der Waals surface area (Å²) in [5.74, 6) is -0.271. The van der Waals surface area contributed by atoms with Crippen LogP contribution in [-0.4, -0.2) is 68.9 Å². The van der Waals surface area contributed by atoms with Crippen LogP contribution in [0.2, 0.25) is 0 Å². The molecule has 238 valence electrons. The van der Waals surface area contributed by atoms with Gasteiger partial charge in [-0.1, -0.05) is 72.3 Å². The Bertz CT molecular complexity index is 1540. The second-order valence-corrected chi connectivity index (χ2v) is 13.2. The zero-order chi connectivity index (χ0) is 31.5. The van der Waals surface area contributed by atoms with Crippen LogP contribution in [0.25, 0.3) is 0 Å². The first kappa shape index (κ1) is 32.4. The lowest BCUT2D eigenvalue weighted by Crippen LogP contribution is -2.45. The van der Waals surface area contributed by atoms with E-state index in [4.69, 9.17) is 9.47 Å². The van der Waals surface area contributed by atoms with Crippen molar-refractivity contribution < 1.29 is 27.5 Å². The minimum atomic E-state index is -3.65. The zero-order valence-corrected chi connectivity index (χ0v) is 26.3. The van der Waals surface area contributed by atoms with Crippen molar-refractivity contribution in [1.82, 2.24) is 14.5 Å². The highest BCUT2D eigenvalue weighted by molar-refractivity contribution is 7.89. The van der Waals surface area contributed by atoms with Crippen LogP contribution >= 0.6 is 0 Å². The quantitative estimate of drug-likeness (QED) is 0.270. The molecule has 1 aliphatic carbocycles. The summed E-state index contributed by atoms with van der Waals surface area (Å²) in [6.45, 7) is 1.71. The van der Waals surface area contributed by atoms with Crippen LogP contribution in [0.1, 0.15) is 49.3 Å². The fourth-order valence-electron chi connectivity index (χ4n) is 5.66. The maximum absolute atomic E-state index is 13.9. The molecule has 45 heavy (non-hydrogen) atoms. The van der Waals surface area contributed by atoms with Crippen molar-refractivity contribution in [3.8, 4) is 5.75 Å². The molecule has 0 aromatic heterocycles. The Kier molecular flexibility index (Phi) is 11.4. The number of benzene rings is 3. The third-order valence-corrected chi connectivity index (χ3v) is 10.0. The lowest BCUT2D eigenvalue weighted by molar-refractivity contribution is -0.143. The predicted octanol–water partition coefficient (Wildman–Crippen LogP) is 4.86. The van der Waals surface area contributed by atoms with Gasteiger partial charge in [-0.05, 0) is 67.5 Å². The monoisotopic (exact) mass is 631 g/mol. The summed E-state index contributed by atoms with van der Waals surface area (Å²) in [6.07, 6.45) is 7.61. The second kappa shape index (κ2) is 15.8. The predicted molar refractivity (Wildman–Crippen MR) is 172 cm³/mol. The normalized spacial score (nSPS) is 16.3. The number of carbonyl (C=O) groups excluding carboxylic acids is 2. The molecule has 3 aromatic carbocycles. The lowest BCUT2D eigenvalue weighted by atomic mass is 9.97. The van der Waals surface area contributed by atoms with Gasteiger partial charge in [-0.3, -0.25) is 9.59 Å². The molecular formula is C35H41N3O6S. The number of ether oxygens (including phenoxy) is 2. The highest BCUT2D eigenvalue weighted by atomic mass is 32.2. The number of hydrogen-bond donors (Lipinski definition) is 1. The number of amides is 2. The molecule has 1 heterocycles. The number of sulfonamides is 1. The molecule has 1 aliphatic heterocycles. The molecule has 1 saturated heterocycles. The van der Waals surface area contributed by atoms with Crippen LogP contribution < -0.4 is 10.1 Å². The maximum Gasteiger partial charge on any atom is 0.261 e. The van der Waals surface area contributed by atoms with E-state index in [1.54, 1.807) is 17.0 Å². The summed E-state index contributed by atoms with van der Waals surface area (Å²) in [6, 6.07) is 24.0. The largest absolute Gasteiger partial charge is 0.484 e. The van der Waals surface area contributed by atoms with Crippen LogP contribution in [0.5, 0.6) is 5.75 Å². The first-order valence-corrected chi connectivity index (χ1v) is 17.0. The molecule has 5 rings (SSSR count). The van der Waals surface area contributed by atoms with Crippen molar-refractivity contribution in [2.24, 2.45) is 0 Å². The molecule has 1 N–H and O–H groups in total. The van der Waals surface area contributed by atoms with E-state index < -0.39 is 16.1 Å². The number of carbonyl (C=O) groups is 2. The number of allylic oxidation sites excluding steroid dienone is 1. The molecule has 2 amide bonds. The van der Waals surface area contributed by atoms with Crippen LogP contribution in [-0.2, 0) is 30.9 Å². The number of nitrogens with zero attached hydrogens (tertiary/aromatic N) is 2. The molecule has 10 heteroatoms. The van der Waals surface area contributed by atoms with E-state index in [0.29, 0.717) is 44.2 Å². The summed E-state index contributed by atoms with van der Waals surface area (Å²) in [5.41, 5.74) is 2.95. The Morgan fingerprint density at radius 1 is 0.911 bits per heavy atom. The van der Waals surface area contributed by atoms with E-state index in [2.05, 4.69) is 11.4 Å². The molecule has 1 fully saturated rings. The number of rotatable bonds is 13. The zero-order valence-electron chi connectivity index (χ0n) is 25.5. The molecule has 1 atom stereocenters. The summed E-state index contributed by atoms with van der Waals surface area (Å²) >= 11 is 0. The molecule has 0 spiro atoms. The third kappa shape index (κ3) is 8.81. The minimum absolute atomic E-state index is 0.151. The van der Waals surface area contributed by atoms with Crippen molar-refractivity contribution in [2.45, 2.75) is 49.6 Å². The maximum atomic E-state index is 13.9. The van der Waals surface area contributed by atoms with Crippen molar-refractivity contribution in [3.63, 3.8) is 0 Å². The smallest absolute Gasteiger partial charge is 0.261 e. The van der Waals surface area contributed by atoms with Crippen LogP contribution in [0.4, 0.5) is 0 Å². The third-order valence-electron chi connectivity index (χ3n) is 8.12. The molecule has 0 bridgehead atoms. The van der Waals surface area contributed by atoms with E-state index in [1.807, 2.05) is 60.7 Å². The van der Waals surface area contributed by atoms with Crippen LogP contribution in [0.15, 0.2) is 101 Å². The first-order valence-electron chi connectivity index (χ1n) is 15.6. The van der Waals surface area contributed by atoms with Gasteiger partial charge in [0.15, 0.2) is 6.61 Å². The van der Waals surface area contributed by atoms with E-state index in [-0.39, 0.29) is 29.9 Å². The molecule has 2 aliphatic rings. The Balaban J connectivity index is 1.32. The topological polar surface area (TPSA) is 105 Å². The highest BCUT2D eigenvalue weighted by Gasteiger charge is 2.32. The molecule has 3 aromatic rings. The van der Waals surface area contributed by atoms with Gasteiger partial charge in [-0.15, -0.1) is 0 Å². The summed E-state index contributed by atoms with van der Waals surface area (Å²) in [5, 5.41) is 3.09. The van der Waals surface area contributed by atoms with E-state index >= 15 is 0 Å². The van der Waals surface area contributed by atoms with E-state index in [1.165, 1.54) is 34.9 Å². The highest BCUT2D eigenvalue weighted by Crippen LogP contribution is 2.26. The standard InChI is InChI=1S/C35H41N3O6S/c39-33(27-44-31-16-18-32(19-17-31)45(41,42)37-22-24-43-25-23-37)38(26-29-12-6-2-7-13-29)34(30-14-8-3-9-15-30)35(40)36-21-20-28-10-4-1-5-11-28/h2-3,6-10,12-19,34H,1,4-5,11,20-27H2,(H,36,40)/t34-/m1/s1. The van der Waals surface area contributed by atoms with E-state index in [0.717, 1.165) is 24.8 Å². The van der Waals surface area contributed by atoms with Crippen molar-refractivity contribution in [1.29, 1.82) is 0 Å². The summed E-state index contributed by atoms with van der Waals surface area (Å²) < 4.78 is 38.5. The summed E-state index contributed by atoms with van der Waals surface area (Å²) in [7, 11) is -3.65. The Morgan fingerprint density at radius 2 is 1.60 bits per heavy atom. The fraction of sp³-hybridized carbons (Fsp3) is 0.371. The van der Waals surface area contributed by atoms with Crippen LogP contribution in [0, 0.1) is 0 Å². The molecule has 0 radical (unpaired) electrons. The number of nitrogens with one attached hydrogen (secondary N) is 1. The fourth-order valence-corrected chi connectivity index (χ4v) is 7.07. The number of hydrogen-bond acceptors (Lipinski definition) is 6. The lowest BCUT2D eigenvalue weighted by Gasteiger charge is -2.31. The molecule has 0 saturated carbocycles. The van der Waals surface area contributed by atoms with Crippen molar-refractivity contribution in [3.05, 3.63) is 108 Å². The average Bonchev–Trinajstić information content (AvgIpc) is 3.09. The van der Waals surface area contributed by atoms with Gasteiger partial charge in [-0.25, -0.2) is 8.42 Å². The average molecular weight is 632 g/mol. The summed E-state index contributed by atoms with van der Waals surface area (Å²) in [4.78, 5) is 29.4. The van der Waals surface area contributed by atoms with Gasteiger partial charge < -0.3 is 19.7 Å². The van der Waals surface area contributed by atoms with Gasteiger partial charge in [0.05, 0.1) is 18.1 Å². The van der Waals surface area contributed by atoms with Gasteiger partial charge in [0.1, 0.15) is 11.8 Å². The van der Waals surface area contributed by atoms with Gasteiger partial charge in [0.2, 0.25) is 15.9 Å². The van der Waals surface area contributed by atoms with Gasteiger partial charge in [-0.2, -0.15) is 4.31 Å². The SMILES string of the molecule is O=C(NCCC1=CCCCC1)[C@@H](c1ccccc1)N(Cc1ccccc1)C(=O)COc1ccc(S(=O)(=O)N2CCOCC2)cc1. The van der Waals surface area contributed by atoms with Crippen molar-refractivity contribution >= 4 is 21.8 Å². The number of morpholine rings is 1. The second-order valence-electron chi connectivity index (χ2n) is 11.2. The molecule has 9 nitrogen and oxygen atoms in total. The van der Waals surface area contributed by atoms with Crippen molar-refractivity contribution in [2.75, 3.05) is 39.5 Å². The van der Waals surface area contributed by atoms with E-state index in [9.17, 15) is 18.0 Å². The Hall–Kier alpha value is -3.99. The molecular weight excluding hydrogens is 590 g/mol. The minimum Gasteiger partial charge on any atom is -0.484 e. The Morgan fingerprint density at radius 3 is 2.27 bits per heavy atom. The van der Waals surface area contributed by atoms with Gasteiger partial charge in [0.25, 0.3) is 5.91 Å². The first-order chi connectivity index (χ1) is 21.9. The van der Waals surface area contributed by atoms with Crippen LogP contribution in [0.3, 0.4) is 0 Å². The molecule has 0 unspecified atom stereocenters.